The van der Waals surface area contributed by atoms with Crippen molar-refractivity contribution in [3.05, 3.63) is 91.7 Å². The van der Waals surface area contributed by atoms with Gasteiger partial charge in [-0.2, -0.15) is 0 Å². The number of nitro groups is 1. The molecule has 8 heteroatoms. The van der Waals surface area contributed by atoms with Crippen LogP contribution in [0.1, 0.15) is 29.3 Å². The van der Waals surface area contributed by atoms with Crippen LogP contribution in [-0.4, -0.2) is 28.0 Å². The van der Waals surface area contributed by atoms with Gasteiger partial charge in [0.05, 0.1) is 28.1 Å². The van der Waals surface area contributed by atoms with Crippen LogP contribution in [0.2, 0.25) is 10.0 Å². The lowest BCUT2D eigenvalue weighted by Gasteiger charge is -2.31. The lowest BCUT2D eigenvalue weighted by molar-refractivity contribution is -0.385. The highest BCUT2D eigenvalue weighted by Gasteiger charge is 2.29. The first-order chi connectivity index (χ1) is 14.5. The molecule has 2 aromatic carbocycles. The highest BCUT2D eigenvalue weighted by molar-refractivity contribution is 6.42. The van der Waals surface area contributed by atoms with Gasteiger partial charge in [0.25, 0.3) is 5.69 Å². The van der Waals surface area contributed by atoms with Gasteiger partial charge in [-0.25, -0.2) is 0 Å². The minimum Gasteiger partial charge on any atom is -0.496 e. The smallest absolute Gasteiger partial charge is 0.270 e. The van der Waals surface area contributed by atoms with Crippen LogP contribution in [0.3, 0.4) is 0 Å². The van der Waals surface area contributed by atoms with Gasteiger partial charge in [0.2, 0.25) is 0 Å². The minimum atomic E-state index is -0.382. The molecular formula is C22H21Cl2N3O3. The number of ether oxygens (including phenoxy) is 1. The minimum absolute atomic E-state index is 0.0510. The molecule has 0 amide bonds. The first-order valence-corrected chi connectivity index (χ1v) is 10.4. The van der Waals surface area contributed by atoms with Crippen LogP contribution < -0.4 is 4.74 Å². The Kier molecular flexibility index (Phi) is 5.99. The zero-order valence-electron chi connectivity index (χ0n) is 16.4. The van der Waals surface area contributed by atoms with Crippen molar-refractivity contribution in [2.24, 2.45) is 0 Å². The number of aromatic nitrogens is 1. The zero-order chi connectivity index (χ0) is 21.3. The van der Waals surface area contributed by atoms with Crippen LogP contribution in [0.5, 0.6) is 5.75 Å². The molecular weight excluding hydrogens is 425 g/mol. The second-order valence-electron chi connectivity index (χ2n) is 7.28. The Morgan fingerprint density at radius 3 is 2.70 bits per heavy atom. The Morgan fingerprint density at radius 2 is 1.97 bits per heavy atom. The molecule has 4 rings (SSSR count). The molecule has 1 aliphatic heterocycles. The quantitative estimate of drug-likeness (QED) is 0.372. The molecule has 1 unspecified atom stereocenters. The van der Waals surface area contributed by atoms with Crippen molar-refractivity contribution < 1.29 is 9.66 Å². The highest BCUT2D eigenvalue weighted by Crippen LogP contribution is 2.37. The molecule has 6 nitrogen and oxygen atoms in total. The van der Waals surface area contributed by atoms with Gasteiger partial charge in [0.15, 0.2) is 0 Å². The van der Waals surface area contributed by atoms with E-state index in [1.54, 1.807) is 19.2 Å². The molecule has 0 saturated carbocycles. The topological polar surface area (TPSA) is 60.5 Å². The molecule has 0 N–H and O–H groups in total. The Bertz CT molecular complexity index is 1080. The number of rotatable bonds is 5. The average Bonchev–Trinajstić information content (AvgIpc) is 3.11. The molecule has 30 heavy (non-hydrogen) atoms. The van der Waals surface area contributed by atoms with Gasteiger partial charge < -0.3 is 9.30 Å². The molecule has 0 spiro atoms. The van der Waals surface area contributed by atoms with E-state index < -0.39 is 0 Å². The monoisotopic (exact) mass is 445 g/mol. The number of halogens is 2. The number of hydrogen-bond donors (Lipinski definition) is 0. The summed E-state index contributed by atoms with van der Waals surface area (Å²) in [5, 5.41) is 12.3. The van der Waals surface area contributed by atoms with Gasteiger partial charge in [-0.3, -0.25) is 15.0 Å². The second-order valence-corrected chi connectivity index (χ2v) is 8.09. The molecule has 0 fully saturated rings. The van der Waals surface area contributed by atoms with E-state index in [2.05, 4.69) is 21.7 Å². The van der Waals surface area contributed by atoms with Crippen LogP contribution in [0.25, 0.3) is 0 Å². The van der Waals surface area contributed by atoms with Gasteiger partial charge in [0, 0.05) is 49.2 Å². The summed E-state index contributed by atoms with van der Waals surface area (Å²) in [6.07, 6.45) is 3.04. The maximum atomic E-state index is 11.3. The number of non-ortho nitro benzene ring substituents is 1. The molecule has 156 valence electrons. The lowest BCUT2D eigenvalue weighted by atomic mass is 10.0. The summed E-state index contributed by atoms with van der Waals surface area (Å²) < 4.78 is 7.74. The summed E-state index contributed by atoms with van der Waals surface area (Å²) in [6, 6.07) is 14.5. The molecule has 3 aromatic rings. The van der Waals surface area contributed by atoms with Crippen LogP contribution in [0.4, 0.5) is 5.69 Å². The normalized spacial score (nSPS) is 16.7. The van der Waals surface area contributed by atoms with Gasteiger partial charge in [-0.1, -0.05) is 29.3 Å². The van der Waals surface area contributed by atoms with Gasteiger partial charge >= 0.3 is 0 Å². The van der Waals surface area contributed by atoms with Crippen molar-refractivity contribution in [2.75, 3.05) is 13.7 Å². The fourth-order valence-corrected chi connectivity index (χ4v) is 4.40. The van der Waals surface area contributed by atoms with E-state index >= 15 is 0 Å². The van der Waals surface area contributed by atoms with Crippen molar-refractivity contribution in [1.29, 1.82) is 0 Å². The Hall–Kier alpha value is -2.54. The second kappa shape index (κ2) is 8.68. The number of nitro benzene ring substituents is 1. The maximum Gasteiger partial charge on any atom is 0.270 e. The first kappa shape index (κ1) is 20.7. The molecule has 0 radical (unpaired) electrons. The van der Waals surface area contributed by atoms with Crippen molar-refractivity contribution in [3.8, 4) is 5.75 Å². The molecule has 1 aromatic heterocycles. The number of hydrogen-bond acceptors (Lipinski definition) is 4. The summed E-state index contributed by atoms with van der Waals surface area (Å²) in [5.41, 5.74) is 3.00. The van der Waals surface area contributed by atoms with E-state index in [1.165, 1.54) is 6.07 Å². The Morgan fingerprint density at radius 1 is 1.13 bits per heavy atom. The predicted molar refractivity (Wildman–Crippen MR) is 117 cm³/mol. The standard InChI is InChI=1S/C22H21Cl2N3O3/c1-30-21-8-6-17(27(28)29)12-16(21)14-26-11-3-10-25-9-2-4-20(25)22(26)15-5-7-18(23)19(24)13-15/h2,4-9,12-13,22H,3,10-11,14H2,1H3. The predicted octanol–water partition coefficient (Wildman–Crippen LogP) is 5.71. The number of methoxy groups -OCH3 is 1. The summed E-state index contributed by atoms with van der Waals surface area (Å²) in [7, 11) is 1.58. The first-order valence-electron chi connectivity index (χ1n) is 9.63. The Labute approximate surface area is 184 Å². The maximum absolute atomic E-state index is 11.3. The van der Waals surface area contributed by atoms with Crippen LogP contribution in [0, 0.1) is 10.1 Å². The van der Waals surface area contributed by atoms with Crippen LogP contribution >= 0.6 is 23.2 Å². The molecule has 2 heterocycles. The summed E-state index contributed by atoms with van der Waals surface area (Å²) in [5.74, 6) is 0.633. The van der Waals surface area contributed by atoms with Crippen molar-refractivity contribution in [3.63, 3.8) is 0 Å². The largest absolute Gasteiger partial charge is 0.496 e. The third-order valence-corrected chi connectivity index (χ3v) is 6.20. The molecule has 0 aliphatic carbocycles. The van der Waals surface area contributed by atoms with E-state index in [9.17, 15) is 10.1 Å². The zero-order valence-corrected chi connectivity index (χ0v) is 17.9. The Balaban J connectivity index is 1.78. The molecule has 1 aliphatic rings. The summed E-state index contributed by atoms with van der Waals surface area (Å²) in [6.45, 7) is 2.22. The van der Waals surface area contributed by atoms with E-state index in [1.807, 2.05) is 24.3 Å². The molecule has 0 saturated heterocycles. The summed E-state index contributed by atoms with van der Waals surface area (Å²) in [4.78, 5) is 13.2. The van der Waals surface area contributed by atoms with Crippen molar-refractivity contribution in [2.45, 2.75) is 25.6 Å². The van der Waals surface area contributed by atoms with Crippen molar-refractivity contribution >= 4 is 28.9 Å². The average molecular weight is 446 g/mol. The fraction of sp³-hybridized carbons (Fsp3) is 0.273. The van der Waals surface area contributed by atoms with Crippen LogP contribution in [0.15, 0.2) is 54.7 Å². The number of nitrogens with zero attached hydrogens (tertiary/aromatic N) is 3. The highest BCUT2D eigenvalue weighted by atomic mass is 35.5. The summed E-state index contributed by atoms with van der Waals surface area (Å²) >= 11 is 12.5. The third-order valence-electron chi connectivity index (χ3n) is 5.46. The number of fused-ring (bicyclic) bond motifs is 1. The van der Waals surface area contributed by atoms with Crippen LogP contribution in [-0.2, 0) is 13.1 Å². The van der Waals surface area contributed by atoms with E-state index in [4.69, 9.17) is 27.9 Å². The third kappa shape index (κ3) is 4.03. The van der Waals surface area contributed by atoms with E-state index in [-0.39, 0.29) is 16.7 Å². The van der Waals surface area contributed by atoms with Gasteiger partial charge in [-0.05, 0) is 42.3 Å². The van der Waals surface area contributed by atoms with E-state index in [0.29, 0.717) is 22.3 Å². The lowest BCUT2D eigenvalue weighted by Crippen LogP contribution is -2.29. The number of benzene rings is 2. The molecule has 1 atom stereocenters. The number of aryl methyl sites for hydroxylation is 1. The van der Waals surface area contributed by atoms with Crippen molar-refractivity contribution in [1.82, 2.24) is 9.47 Å². The van der Waals surface area contributed by atoms with Gasteiger partial charge in [-0.15, -0.1) is 0 Å². The van der Waals surface area contributed by atoms with Gasteiger partial charge in [0.1, 0.15) is 5.75 Å². The SMILES string of the molecule is COc1ccc([N+](=O)[O-])cc1CN1CCCn2cccc2C1c1ccc(Cl)c(Cl)c1. The fourth-order valence-electron chi connectivity index (χ4n) is 4.09. The van der Waals surface area contributed by atoms with E-state index in [0.717, 1.165) is 36.3 Å². The molecule has 0 bridgehead atoms.